The van der Waals surface area contributed by atoms with Crippen LogP contribution in [0.25, 0.3) is 0 Å². The molecule has 0 radical (unpaired) electrons. The van der Waals surface area contributed by atoms with Gasteiger partial charge in [-0.15, -0.1) is 0 Å². The summed E-state index contributed by atoms with van der Waals surface area (Å²) in [5.74, 6) is 0. The second-order valence-electron chi connectivity index (χ2n) is 4.98. The Labute approximate surface area is 97.9 Å². The first kappa shape index (κ1) is 11.6. The van der Waals surface area contributed by atoms with Crippen LogP contribution < -0.4 is 0 Å². The maximum atomic E-state index is 10.5. The first-order valence-electron chi connectivity index (χ1n) is 6.19. The van der Waals surface area contributed by atoms with E-state index < -0.39 is 5.60 Å². The van der Waals surface area contributed by atoms with Crippen molar-refractivity contribution in [3.63, 3.8) is 0 Å². The maximum absolute atomic E-state index is 10.5. The molecule has 1 fully saturated rings. The van der Waals surface area contributed by atoms with Crippen molar-refractivity contribution in [2.75, 3.05) is 19.6 Å². The van der Waals surface area contributed by atoms with Crippen LogP contribution >= 0.6 is 0 Å². The van der Waals surface area contributed by atoms with Gasteiger partial charge >= 0.3 is 0 Å². The van der Waals surface area contributed by atoms with Gasteiger partial charge in [0.05, 0.1) is 5.60 Å². The highest BCUT2D eigenvalue weighted by atomic mass is 16.3. The number of piperidine rings is 1. The molecule has 1 aromatic rings. The number of nitrogens with zero attached hydrogens (tertiary/aromatic N) is 1. The highest BCUT2D eigenvalue weighted by molar-refractivity contribution is 5.21. The van der Waals surface area contributed by atoms with Gasteiger partial charge < -0.3 is 10.0 Å². The van der Waals surface area contributed by atoms with Crippen molar-refractivity contribution in [3.8, 4) is 0 Å². The minimum atomic E-state index is -0.724. The number of hydrogen-bond donors (Lipinski definition) is 1. The summed E-state index contributed by atoms with van der Waals surface area (Å²) in [6.07, 6.45) is 3.87. The summed E-state index contributed by atoms with van der Waals surface area (Å²) in [4.78, 5) is 2.37. The molecule has 88 valence electrons. The predicted molar refractivity (Wildman–Crippen MR) is 66.3 cm³/mol. The quantitative estimate of drug-likeness (QED) is 0.843. The molecule has 1 aromatic carbocycles. The average Bonchev–Trinajstić information content (AvgIpc) is 2.31. The fourth-order valence-corrected chi connectivity index (χ4v) is 2.44. The molecule has 1 atom stereocenters. The van der Waals surface area contributed by atoms with Crippen molar-refractivity contribution in [2.45, 2.75) is 31.8 Å². The standard InChI is InChI=1S/C14H21NO/c1-14(16,13-8-4-2-5-9-13)12-15-10-6-3-7-11-15/h2,4-5,8-9,16H,3,6-7,10-12H2,1H3. The van der Waals surface area contributed by atoms with E-state index in [1.54, 1.807) is 0 Å². The lowest BCUT2D eigenvalue weighted by molar-refractivity contribution is 0.0105. The molecule has 16 heavy (non-hydrogen) atoms. The van der Waals surface area contributed by atoms with Crippen LogP contribution in [0.1, 0.15) is 31.7 Å². The summed E-state index contributed by atoms with van der Waals surface area (Å²) in [5, 5.41) is 10.5. The molecule has 1 heterocycles. The smallest absolute Gasteiger partial charge is 0.0994 e. The van der Waals surface area contributed by atoms with Gasteiger partial charge in [0, 0.05) is 6.54 Å². The average molecular weight is 219 g/mol. The SMILES string of the molecule is CC(O)(CN1CCCCC1)c1ccccc1. The highest BCUT2D eigenvalue weighted by Crippen LogP contribution is 2.23. The first-order valence-corrected chi connectivity index (χ1v) is 6.19. The monoisotopic (exact) mass is 219 g/mol. The van der Waals surface area contributed by atoms with E-state index in [1.165, 1.54) is 19.3 Å². The Morgan fingerprint density at radius 2 is 1.75 bits per heavy atom. The molecule has 0 bridgehead atoms. The molecule has 2 rings (SSSR count). The molecule has 2 nitrogen and oxygen atoms in total. The summed E-state index contributed by atoms with van der Waals surface area (Å²) in [7, 11) is 0. The Morgan fingerprint density at radius 1 is 1.12 bits per heavy atom. The zero-order valence-corrected chi connectivity index (χ0v) is 10.0. The van der Waals surface area contributed by atoms with Crippen molar-refractivity contribution in [1.29, 1.82) is 0 Å². The Balaban J connectivity index is 2.01. The second kappa shape index (κ2) is 4.98. The molecule has 0 aromatic heterocycles. The Kier molecular flexibility index (Phi) is 3.62. The van der Waals surface area contributed by atoms with Crippen molar-refractivity contribution in [2.24, 2.45) is 0 Å². The van der Waals surface area contributed by atoms with Gasteiger partial charge in [0.1, 0.15) is 0 Å². The topological polar surface area (TPSA) is 23.5 Å². The maximum Gasteiger partial charge on any atom is 0.0994 e. The van der Waals surface area contributed by atoms with E-state index >= 15 is 0 Å². The Hall–Kier alpha value is -0.860. The van der Waals surface area contributed by atoms with Crippen LogP contribution in [-0.4, -0.2) is 29.6 Å². The van der Waals surface area contributed by atoms with Crippen LogP contribution in [0.5, 0.6) is 0 Å². The van der Waals surface area contributed by atoms with Crippen LogP contribution in [0, 0.1) is 0 Å². The third kappa shape index (κ3) is 2.83. The van der Waals surface area contributed by atoms with E-state index in [9.17, 15) is 5.11 Å². The van der Waals surface area contributed by atoms with Crippen molar-refractivity contribution < 1.29 is 5.11 Å². The molecule has 0 aliphatic carbocycles. The van der Waals surface area contributed by atoms with E-state index in [0.717, 1.165) is 25.2 Å². The lowest BCUT2D eigenvalue weighted by Gasteiger charge is -2.34. The van der Waals surface area contributed by atoms with Crippen molar-refractivity contribution in [3.05, 3.63) is 35.9 Å². The molecule has 1 aliphatic rings. The van der Waals surface area contributed by atoms with Gasteiger partial charge in [0.25, 0.3) is 0 Å². The van der Waals surface area contributed by atoms with Crippen molar-refractivity contribution >= 4 is 0 Å². The van der Waals surface area contributed by atoms with Crippen molar-refractivity contribution in [1.82, 2.24) is 4.90 Å². The number of hydrogen-bond acceptors (Lipinski definition) is 2. The van der Waals surface area contributed by atoms with Gasteiger partial charge in [0.2, 0.25) is 0 Å². The number of likely N-dealkylation sites (tertiary alicyclic amines) is 1. The minimum absolute atomic E-state index is 0.724. The summed E-state index contributed by atoms with van der Waals surface area (Å²) in [6.45, 7) is 4.92. The van der Waals surface area contributed by atoms with Gasteiger partial charge in [-0.05, 0) is 38.4 Å². The molecule has 1 saturated heterocycles. The van der Waals surface area contributed by atoms with E-state index in [0.29, 0.717) is 0 Å². The molecule has 0 amide bonds. The molecular formula is C14H21NO. The van der Waals surface area contributed by atoms with E-state index in [2.05, 4.69) is 4.90 Å². The first-order chi connectivity index (χ1) is 7.68. The van der Waals surface area contributed by atoms with Gasteiger partial charge in [-0.1, -0.05) is 36.8 Å². The molecule has 1 N–H and O–H groups in total. The number of benzene rings is 1. The third-order valence-electron chi connectivity index (χ3n) is 3.38. The normalized spacial score (nSPS) is 21.6. The van der Waals surface area contributed by atoms with Gasteiger partial charge in [-0.3, -0.25) is 0 Å². The van der Waals surface area contributed by atoms with E-state index in [-0.39, 0.29) is 0 Å². The predicted octanol–water partition coefficient (Wildman–Crippen LogP) is 2.38. The lowest BCUT2D eigenvalue weighted by Crippen LogP contribution is -2.41. The fraction of sp³-hybridized carbons (Fsp3) is 0.571. The second-order valence-corrected chi connectivity index (χ2v) is 4.98. The largest absolute Gasteiger partial charge is 0.384 e. The van der Waals surface area contributed by atoms with E-state index in [4.69, 9.17) is 0 Å². The number of aliphatic hydroxyl groups is 1. The zero-order chi connectivity index (χ0) is 11.4. The molecular weight excluding hydrogens is 198 g/mol. The zero-order valence-electron chi connectivity index (χ0n) is 10.0. The van der Waals surface area contributed by atoms with Crippen LogP contribution in [0.3, 0.4) is 0 Å². The fourth-order valence-electron chi connectivity index (χ4n) is 2.44. The summed E-state index contributed by atoms with van der Waals surface area (Å²) < 4.78 is 0. The number of rotatable bonds is 3. The number of β-amino-alcohol motifs (C(OH)–C–C–N with tert-alkyl or cyclic N) is 1. The van der Waals surface area contributed by atoms with Crippen LogP contribution in [-0.2, 0) is 5.60 Å². The Morgan fingerprint density at radius 3 is 2.38 bits per heavy atom. The summed E-state index contributed by atoms with van der Waals surface area (Å²) >= 11 is 0. The van der Waals surface area contributed by atoms with Crippen LogP contribution in [0.2, 0.25) is 0 Å². The molecule has 0 spiro atoms. The van der Waals surface area contributed by atoms with Gasteiger partial charge in [-0.2, -0.15) is 0 Å². The Bertz CT molecular complexity index is 315. The van der Waals surface area contributed by atoms with Crippen LogP contribution in [0.15, 0.2) is 30.3 Å². The molecule has 1 unspecified atom stereocenters. The highest BCUT2D eigenvalue weighted by Gasteiger charge is 2.26. The lowest BCUT2D eigenvalue weighted by atomic mass is 9.94. The van der Waals surface area contributed by atoms with Gasteiger partial charge in [-0.25, -0.2) is 0 Å². The summed E-state index contributed by atoms with van der Waals surface area (Å²) in [5.41, 5.74) is 0.291. The van der Waals surface area contributed by atoms with E-state index in [1.807, 2.05) is 37.3 Å². The summed E-state index contributed by atoms with van der Waals surface area (Å²) in [6, 6.07) is 9.97. The molecule has 0 saturated carbocycles. The van der Waals surface area contributed by atoms with Crippen LogP contribution in [0.4, 0.5) is 0 Å². The van der Waals surface area contributed by atoms with Gasteiger partial charge in [0.15, 0.2) is 0 Å². The minimum Gasteiger partial charge on any atom is -0.384 e. The molecule has 1 aliphatic heterocycles. The third-order valence-corrected chi connectivity index (χ3v) is 3.38. The molecule has 2 heteroatoms.